The van der Waals surface area contributed by atoms with E-state index in [2.05, 4.69) is 0 Å². The lowest BCUT2D eigenvalue weighted by molar-refractivity contribution is 0.213. The van der Waals surface area contributed by atoms with Crippen LogP contribution in [0.25, 0.3) is 5.57 Å². The Bertz CT molecular complexity index is 560. The predicted molar refractivity (Wildman–Crippen MR) is 77.5 cm³/mol. The summed E-state index contributed by atoms with van der Waals surface area (Å²) < 4.78 is 28.7. The zero-order valence-electron chi connectivity index (χ0n) is 11.4. The van der Waals surface area contributed by atoms with Gasteiger partial charge in [-0.25, -0.2) is 8.42 Å². The molecule has 2 rings (SSSR count). The van der Waals surface area contributed by atoms with Crippen molar-refractivity contribution < 1.29 is 13.2 Å². The number of benzene rings is 1. The molecule has 0 amide bonds. The van der Waals surface area contributed by atoms with Gasteiger partial charge in [-0.05, 0) is 37.8 Å². The number of hydrogen-bond donors (Lipinski definition) is 0. The average Bonchev–Trinajstić information content (AvgIpc) is 2.65. The van der Waals surface area contributed by atoms with Crippen LogP contribution in [0.1, 0.15) is 32.3 Å². The monoisotopic (exact) mass is 280 g/mol. The van der Waals surface area contributed by atoms with E-state index in [1.54, 1.807) is 13.2 Å². The summed E-state index contributed by atoms with van der Waals surface area (Å²) in [5.41, 5.74) is 2.08. The minimum Gasteiger partial charge on any atom is -0.499 e. The Kier molecular flexibility index (Phi) is 3.99. The maximum absolute atomic E-state index is 11.9. The standard InChI is InChI=1S/C15H20O3S/c1-13(14-7-4-3-5-8-14)11-18-12-15(2)9-6-10-19(15,16)17/h3-5,7-8,11H,6,9-10,12H2,1-2H3/b13-11-. The molecule has 0 bridgehead atoms. The van der Waals surface area contributed by atoms with E-state index in [9.17, 15) is 8.42 Å². The first-order chi connectivity index (χ1) is 8.95. The van der Waals surface area contributed by atoms with E-state index in [1.807, 2.05) is 37.3 Å². The van der Waals surface area contributed by atoms with Crippen LogP contribution in [-0.4, -0.2) is 25.5 Å². The first-order valence-corrected chi connectivity index (χ1v) is 8.16. The van der Waals surface area contributed by atoms with Gasteiger partial charge >= 0.3 is 0 Å². The van der Waals surface area contributed by atoms with Crippen LogP contribution in [0.5, 0.6) is 0 Å². The number of rotatable bonds is 4. The Morgan fingerprint density at radius 3 is 2.63 bits per heavy atom. The Hall–Kier alpha value is -1.29. The fourth-order valence-electron chi connectivity index (χ4n) is 2.31. The van der Waals surface area contributed by atoms with E-state index in [4.69, 9.17) is 4.74 Å². The first-order valence-electron chi connectivity index (χ1n) is 6.51. The molecule has 0 aliphatic carbocycles. The second-order valence-electron chi connectivity index (χ2n) is 5.35. The SMILES string of the molecule is C/C(=C/OCC1(C)CCCS1(=O)=O)c1ccccc1. The van der Waals surface area contributed by atoms with Gasteiger partial charge in [0.15, 0.2) is 9.84 Å². The highest BCUT2D eigenvalue weighted by atomic mass is 32.2. The van der Waals surface area contributed by atoms with E-state index in [-0.39, 0.29) is 12.4 Å². The molecular weight excluding hydrogens is 260 g/mol. The van der Waals surface area contributed by atoms with Gasteiger partial charge in [0.2, 0.25) is 0 Å². The van der Waals surface area contributed by atoms with Crippen molar-refractivity contribution >= 4 is 15.4 Å². The van der Waals surface area contributed by atoms with Crippen molar-refractivity contribution in [2.24, 2.45) is 0 Å². The Morgan fingerprint density at radius 1 is 1.37 bits per heavy atom. The van der Waals surface area contributed by atoms with Crippen LogP contribution in [0, 0.1) is 0 Å². The highest BCUT2D eigenvalue weighted by Crippen LogP contribution is 2.32. The minimum absolute atomic E-state index is 0.236. The second-order valence-corrected chi connectivity index (χ2v) is 7.97. The molecule has 104 valence electrons. The summed E-state index contributed by atoms with van der Waals surface area (Å²) in [6.07, 6.45) is 3.09. The van der Waals surface area contributed by atoms with Crippen molar-refractivity contribution in [1.82, 2.24) is 0 Å². The molecule has 1 aliphatic heterocycles. The zero-order chi connectivity index (χ0) is 13.9. The lowest BCUT2D eigenvalue weighted by Gasteiger charge is -2.21. The third-order valence-corrected chi connectivity index (χ3v) is 6.40. The normalized spacial score (nSPS) is 26.3. The molecule has 0 spiro atoms. The van der Waals surface area contributed by atoms with Crippen LogP contribution < -0.4 is 0 Å². The highest BCUT2D eigenvalue weighted by Gasteiger charge is 2.44. The van der Waals surface area contributed by atoms with Gasteiger partial charge in [0.1, 0.15) is 11.4 Å². The van der Waals surface area contributed by atoms with Gasteiger partial charge in [-0.3, -0.25) is 0 Å². The maximum atomic E-state index is 11.9. The van der Waals surface area contributed by atoms with E-state index in [0.29, 0.717) is 6.42 Å². The summed E-state index contributed by atoms with van der Waals surface area (Å²) >= 11 is 0. The fraction of sp³-hybridized carbons (Fsp3) is 0.467. The fourth-order valence-corrected chi connectivity index (χ4v) is 4.03. The quantitative estimate of drug-likeness (QED) is 0.796. The smallest absolute Gasteiger partial charge is 0.159 e. The van der Waals surface area contributed by atoms with Crippen molar-refractivity contribution in [1.29, 1.82) is 0 Å². The topological polar surface area (TPSA) is 43.4 Å². The Morgan fingerprint density at radius 2 is 2.05 bits per heavy atom. The maximum Gasteiger partial charge on any atom is 0.159 e. The zero-order valence-corrected chi connectivity index (χ0v) is 12.2. The number of sulfone groups is 1. The summed E-state index contributed by atoms with van der Waals surface area (Å²) in [5, 5.41) is 0. The molecule has 1 aromatic rings. The average molecular weight is 280 g/mol. The van der Waals surface area contributed by atoms with Crippen LogP contribution in [0.2, 0.25) is 0 Å². The summed E-state index contributed by atoms with van der Waals surface area (Å²) in [6, 6.07) is 9.90. The van der Waals surface area contributed by atoms with Crippen molar-refractivity contribution in [3.8, 4) is 0 Å². The molecule has 0 aromatic heterocycles. The summed E-state index contributed by atoms with van der Waals surface area (Å²) in [7, 11) is -3.00. The molecule has 1 aromatic carbocycles. The Labute approximate surface area is 115 Å². The molecule has 0 N–H and O–H groups in total. The molecule has 3 nitrogen and oxygen atoms in total. The molecule has 0 radical (unpaired) electrons. The van der Waals surface area contributed by atoms with Gasteiger partial charge in [-0.1, -0.05) is 30.3 Å². The molecule has 4 heteroatoms. The van der Waals surface area contributed by atoms with E-state index >= 15 is 0 Å². The van der Waals surface area contributed by atoms with Gasteiger partial charge in [0.05, 0.1) is 12.0 Å². The highest BCUT2D eigenvalue weighted by molar-refractivity contribution is 7.93. The summed E-state index contributed by atoms with van der Waals surface area (Å²) in [6.45, 7) is 3.97. The van der Waals surface area contributed by atoms with Gasteiger partial charge in [-0.2, -0.15) is 0 Å². The van der Waals surface area contributed by atoms with Crippen LogP contribution in [-0.2, 0) is 14.6 Å². The third kappa shape index (κ3) is 3.00. The van der Waals surface area contributed by atoms with E-state index < -0.39 is 14.6 Å². The van der Waals surface area contributed by atoms with Crippen LogP contribution in [0.3, 0.4) is 0 Å². The molecule has 1 fully saturated rings. The molecule has 0 saturated carbocycles. The van der Waals surface area contributed by atoms with Gasteiger partial charge in [0, 0.05) is 0 Å². The van der Waals surface area contributed by atoms with Crippen LogP contribution >= 0.6 is 0 Å². The summed E-state index contributed by atoms with van der Waals surface area (Å²) in [5.74, 6) is 0.286. The number of allylic oxidation sites excluding steroid dienone is 1. The van der Waals surface area contributed by atoms with Crippen LogP contribution in [0.4, 0.5) is 0 Å². The third-order valence-electron chi connectivity index (χ3n) is 3.75. The number of hydrogen-bond acceptors (Lipinski definition) is 3. The van der Waals surface area contributed by atoms with Gasteiger partial charge < -0.3 is 4.74 Å². The van der Waals surface area contributed by atoms with Crippen LogP contribution in [0.15, 0.2) is 36.6 Å². The van der Waals surface area contributed by atoms with Gasteiger partial charge in [0.25, 0.3) is 0 Å². The van der Waals surface area contributed by atoms with Crippen molar-refractivity contribution in [3.05, 3.63) is 42.2 Å². The van der Waals surface area contributed by atoms with E-state index in [1.165, 1.54) is 0 Å². The minimum atomic E-state index is -3.00. The first kappa shape index (κ1) is 14.1. The lowest BCUT2D eigenvalue weighted by atomic mass is 10.1. The van der Waals surface area contributed by atoms with Crippen molar-refractivity contribution in [2.75, 3.05) is 12.4 Å². The molecule has 1 atom stereocenters. The van der Waals surface area contributed by atoms with Crippen molar-refractivity contribution in [2.45, 2.75) is 31.4 Å². The molecule has 19 heavy (non-hydrogen) atoms. The Balaban J connectivity index is 2.01. The van der Waals surface area contributed by atoms with Crippen molar-refractivity contribution in [3.63, 3.8) is 0 Å². The molecular formula is C15H20O3S. The second kappa shape index (κ2) is 5.37. The molecule has 1 unspecified atom stereocenters. The molecule has 1 aliphatic rings. The molecule has 1 heterocycles. The number of ether oxygens (including phenoxy) is 1. The largest absolute Gasteiger partial charge is 0.499 e. The van der Waals surface area contributed by atoms with Gasteiger partial charge in [-0.15, -0.1) is 0 Å². The van der Waals surface area contributed by atoms with E-state index in [0.717, 1.165) is 17.6 Å². The lowest BCUT2D eigenvalue weighted by Crippen LogP contribution is -2.35. The summed E-state index contributed by atoms with van der Waals surface area (Å²) in [4.78, 5) is 0. The molecule has 1 saturated heterocycles. The predicted octanol–water partition coefficient (Wildman–Crippen LogP) is 3.03.